The fourth-order valence-electron chi connectivity index (χ4n) is 1.53. The molecule has 4 nitrogen and oxygen atoms in total. The van der Waals surface area contributed by atoms with Crippen molar-refractivity contribution in [2.45, 2.75) is 29.7 Å². The molecule has 0 saturated heterocycles. The molecular weight excluding hydrogens is 395 g/mol. The van der Waals surface area contributed by atoms with Crippen LogP contribution >= 0.6 is 0 Å². The van der Waals surface area contributed by atoms with Gasteiger partial charge in [0, 0.05) is 13.0 Å². The Hall–Kier alpha value is -0.760. The van der Waals surface area contributed by atoms with Crippen molar-refractivity contribution >= 4 is 9.84 Å². The number of quaternary nitrogens is 1. The first kappa shape index (κ1) is 24.2. The number of nitrogens with zero attached hydrogens (tertiary/aromatic N) is 1. The summed E-state index contributed by atoms with van der Waals surface area (Å²) in [5.41, 5.74) is 0. The van der Waals surface area contributed by atoms with Crippen LogP contribution in [0.1, 0.15) is 6.42 Å². The standard InChI is InChI=1S/C11H18F9N2O2S/c1-22(2,3)6-4-5-21-7-25(23,24)11(19,20)9(14,15)8(12,13)10(16,17)18/h21H,4-7H2,1-3H3/q+1. The molecule has 1 N–H and O–H groups in total. The molecule has 0 bridgehead atoms. The Morgan fingerprint density at radius 1 is 0.840 bits per heavy atom. The van der Waals surface area contributed by atoms with Crippen LogP contribution in [-0.2, 0) is 9.84 Å². The van der Waals surface area contributed by atoms with E-state index in [0.29, 0.717) is 11.0 Å². The molecule has 0 aliphatic heterocycles. The molecule has 0 fully saturated rings. The van der Waals surface area contributed by atoms with Crippen LogP contribution in [0.2, 0.25) is 0 Å². The molecule has 0 rings (SSSR count). The Morgan fingerprint density at radius 3 is 1.64 bits per heavy atom. The van der Waals surface area contributed by atoms with Gasteiger partial charge in [0.1, 0.15) is 5.88 Å². The topological polar surface area (TPSA) is 46.2 Å². The van der Waals surface area contributed by atoms with Crippen molar-refractivity contribution in [3.8, 4) is 0 Å². The zero-order valence-corrected chi connectivity index (χ0v) is 14.2. The summed E-state index contributed by atoms with van der Waals surface area (Å²) in [5, 5.41) is -4.80. The highest BCUT2D eigenvalue weighted by Gasteiger charge is 2.85. The van der Waals surface area contributed by atoms with Crippen LogP contribution in [0.15, 0.2) is 0 Å². The molecule has 0 aromatic rings. The molecule has 0 unspecified atom stereocenters. The second kappa shape index (κ2) is 7.10. The highest BCUT2D eigenvalue weighted by atomic mass is 32.2. The summed E-state index contributed by atoms with van der Waals surface area (Å²) in [4.78, 5) is 0. The first-order chi connectivity index (χ1) is 10.7. The van der Waals surface area contributed by atoms with E-state index in [0.717, 1.165) is 0 Å². The highest BCUT2D eigenvalue weighted by molar-refractivity contribution is 7.92. The number of rotatable bonds is 9. The van der Waals surface area contributed by atoms with Gasteiger partial charge in [0.2, 0.25) is 9.84 Å². The highest BCUT2D eigenvalue weighted by Crippen LogP contribution is 2.54. The van der Waals surface area contributed by atoms with E-state index in [2.05, 4.69) is 0 Å². The van der Waals surface area contributed by atoms with E-state index in [-0.39, 0.29) is 13.0 Å². The van der Waals surface area contributed by atoms with Crippen molar-refractivity contribution in [2.75, 3.05) is 40.1 Å². The number of hydrogen-bond acceptors (Lipinski definition) is 3. The summed E-state index contributed by atoms with van der Waals surface area (Å²) in [6.45, 7) is 0.164. The predicted molar refractivity (Wildman–Crippen MR) is 70.2 cm³/mol. The van der Waals surface area contributed by atoms with E-state index in [1.807, 2.05) is 5.32 Å². The first-order valence-corrected chi connectivity index (χ1v) is 8.29. The maximum absolute atomic E-state index is 13.3. The fourth-order valence-corrected chi connectivity index (χ4v) is 2.64. The largest absolute Gasteiger partial charge is 0.460 e. The third-order valence-corrected chi connectivity index (χ3v) is 4.60. The molecule has 0 saturated carbocycles. The van der Waals surface area contributed by atoms with Gasteiger partial charge in [-0.05, 0) is 0 Å². The predicted octanol–water partition coefficient (Wildman–Crippen LogP) is 2.47. The molecule has 0 aromatic carbocycles. The lowest BCUT2D eigenvalue weighted by Crippen LogP contribution is -2.64. The molecule has 0 aromatic heterocycles. The van der Waals surface area contributed by atoms with Crippen LogP contribution in [-0.4, -0.2) is 76.3 Å². The number of nitrogens with one attached hydrogen (secondary N) is 1. The van der Waals surface area contributed by atoms with Crippen LogP contribution < -0.4 is 5.32 Å². The first-order valence-electron chi connectivity index (χ1n) is 6.64. The Morgan fingerprint density at radius 2 is 1.28 bits per heavy atom. The van der Waals surface area contributed by atoms with Gasteiger partial charge in [0.05, 0.1) is 27.7 Å². The number of hydrogen-bond donors (Lipinski definition) is 1. The molecule has 0 spiro atoms. The van der Waals surface area contributed by atoms with Crippen molar-refractivity contribution in [1.29, 1.82) is 0 Å². The molecule has 0 atom stereocenters. The molecule has 152 valence electrons. The maximum atomic E-state index is 13.3. The van der Waals surface area contributed by atoms with Crippen LogP contribution in [0.25, 0.3) is 0 Å². The van der Waals surface area contributed by atoms with Crippen LogP contribution in [0.3, 0.4) is 0 Å². The van der Waals surface area contributed by atoms with Gasteiger partial charge in [0.15, 0.2) is 0 Å². The monoisotopic (exact) mass is 413 g/mol. The van der Waals surface area contributed by atoms with E-state index in [1.54, 1.807) is 21.1 Å². The Labute approximate surface area is 138 Å². The average Bonchev–Trinajstić information content (AvgIpc) is 2.34. The molecule has 14 heteroatoms. The number of sulfone groups is 1. The zero-order chi connectivity index (χ0) is 20.5. The Bertz CT molecular complexity index is 553. The lowest BCUT2D eigenvalue weighted by atomic mass is 10.1. The van der Waals surface area contributed by atoms with Gasteiger partial charge >= 0.3 is 23.3 Å². The minimum absolute atomic E-state index is 0.208. The van der Waals surface area contributed by atoms with Crippen molar-refractivity contribution in [3.05, 3.63) is 0 Å². The van der Waals surface area contributed by atoms with Crippen molar-refractivity contribution in [2.24, 2.45) is 0 Å². The van der Waals surface area contributed by atoms with Gasteiger partial charge in [0.25, 0.3) is 0 Å². The second-order valence-electron chi connectivity index (χ2n) is 6.29. The maximum Gasteiger partial charge on any atom is 0.460 e. The van der Waals surface area contributed by atoms with Crippen molar-refractivity contribution in [3.63, 3.8) is 0 Å². The van der Waals surface area contributed by atoms with Crippen LogP contribution in [0.5, 0.6) is 0 Å². The molecular formula is C11H18F9N2O2S+. The minimum atomic E-state index is -7.24. The third-order valence-electron chi connectivity index (χ3n) is 2.98. The van der Waals surface area contributed by atoms with Gasteiger partial charge in [-0.1, -0.05) is 0 Å². The van der Waals surface area contributed by atoms with E-state index >= 15 is 0 Å². The van der Waals surface area contributed by atoms with Gasteiger partial charge < -0.3 is 9.80 Å². The van der Waals surface area contributed by atoms with Gasteiger partial charge in [-0.25, -0.2) is 8.42 Å². The molecule has 25 heavy (non-hydrogen) atoms. The normalized spacial score (nSPS) is 15.5. The Kier molecular flexibility index (Phi) is 6.88. The quantitative estimate of drug-likeness (QED) is 0.359. The van der Waals surface area contributed by atoms with E-state index < -0.39 is 39.0 Å². The third kappa shape index (κ3) is 5.12. The molecule has 0 amide bonds. The molecule has 0 radical (unpaired) electrons. The van der Waals surface area contributed by atoms with Gasteiger partial charge in [-0.3, -0.25) is 0 Å². The fraction of sp³-hybridized carbons (Fsp3) is 1.00. The van der Waals surface area contributed by atoms with Crippen molar-refractivity contribution in [1.82, 2.24) is 5.32 Å². The van der Waals surface area contributed by atoms with E-state index in [9.17, 15) is 47.9 Å². The lowest BCUT2D eigenvalue weighted by Gasteiger charge is -2.33. The number of alkyl halides is 9. The summed E-state index contributed by atoms with van der Waals surface area (Å²) in [7, 11) is -1.13. The summed E-state index contributed by atoms with van der Waals surface area (Å²) >= 11 is 0. The lowest BCUT2D eigenvalue weighted by molar-refractivity contribution is -0.870. The summed E-state index contributed by atoms with van der Waals surface area (Å²) in [5.74, 6) is -16.3. The summed E-state index contributed by atoms with van der Waals surface area (Å²) < 4.78 is 137. The average molecular weight is 413 g/mol. The molecule has 0 aliphatic rings. The zero-order valence-electron chi connectivity index (χ0n) is 13.4. The van der Waals surface area contributed by atoms with Crippen molar-refractivity contribution < 1.29 is 52.4 Å². The smallest absolute Gasteiger partial charge is 0.331 e. The second-order valence-corrected chi connectivity index (χ2v) is 8.32. The van der Waals surface area contributed by atoms with Crippen LogP contribution in [0, 0.1) is 0 Å². The van der Waals surface area contributed by atoms with Gasteiger partial charge in [-0.2, -0.15) is 39.5 Å². The minimum Gasteiger partial charge on any atom is -0.331 e. The van der Waals surface area contributed by atoms with E-state index in [4.69, 9.17) is 0 Å². The summed E-state index contributed by atoms with van der Waals surface area (Å²) in [6, 6.07) is 0. The molecule has 0 aliphatic carbocycles. The number of halogens is 9. The SMILES string of the molecule is C[N+](C)(C)CCCNCS(=O)(=O)C(F)(F)C(F)(F)C(F)(F)C(F)(F)F. The summed E-state index contributed by atoms with van der Waals surface area (Å²) in [6.07, 6.45) is -6.85. The molecule has 0 heterocycles. The Balaban J connectivity index is 5.22. The van der Waals surface area contributed by atoms with Gasteiger partial charge in [-0.15, -0.1) is 0 Å². The van der Waals surface area contributed by atoms with E-state index in [1.165, 1.54) is 0 Å². The van der Waals surface area contributed by atoms with Crippen LogP contribution in [0.4, 0.5) is 39.5 Å².